The normalized spacial score (nSPS) is 15.1. The summed E-state index contributed by atoms with van der Waals surface area (Å²) in [6.45, 7) is 2.16. The van der Waals surface area contributed by atoms with Gasteiger partial charge in [0.15, 0.2) is 16.9 Å². The van der Waals surface area contributed by atoms with E-state index in [1.807, 2.05) is 53.8 Å². The standard InChI is InChI=1S/C24H23N5O4S/c1-14-10-21-26-27-24(29(21)18-11-15(32-3)8-9-16(14)18)34-13-22(30)28-12-20(23(31)25-2)33-19-7-5-4-6-17(19)28/h4-11,20H,12-13H2,1-3H3,(H,25,31). The molecule has 0 bridgehead atoms. The lowest BCUT2D eigenvalue weighted by atomic mass is 10.1. The van der Waals surface area contributed by atoms with Crippen molar-refractivity contribution < 1.29 is 19.1 Å². The van der Waals surface area contributed by atoms with Gasteiger partial charge in [0, 0.05) is 18.5 Å². The average molecular weight is 478 g/mol. The molecule has 174 valence electrons. The van der Waals surface area contributed by atoms with Crippen LogP contribution in [0.2, 0.25) is 0 Å². The van der Waals surface area contributed by atoms with Crippen LogP contribution in [0.15, 0.2) is 53.7 Å². The number of anilines is 1. The van der Waals surface area contributed by atoms with Crippen LogP contribution in [0.1, 0.15) is 5.56 Å². The van der Waals surface area contributed by atoms with Crippen LogP contribution >= 0.6 is 11.8 Å². The van der Waals surface area contributed by atoms with E-state index in [0.29, 0.717) is 22.2 Å². The van der Waals surface area contributed by atoms with Gasteiger partial charge in [-0.15, -0.1) is 10.2 Å². The van der Waals surface area contributed by atoms with Gasteiger partial charge in [0.2, 0.25) is 5.91 Å². The van der Waals surface area contributed by atoms with Crippen molar-refractivity contribution in [3.8, 4) is 11.5 Å². The van der Waals surface area contributed by atoms with E-state index >= 15 is 0 Å². The minimum atomic E-state index is -0.776. The minimum absolute atomic E-state index is 0.120. The molecule has 0 fully saturated rings. The Morgan fingerprint density at radius 2 is 2.03 bits per heavy atom. The number of nitrogens with zero attached hydrogens (tertiary/aromatic N) is 4. The molecule has 5 rings (SSSR count). The van der Waals surface area contributed by atoms with Gasteiger partial charge in [0.25, 0.3) is 5.91 Å². The molecule has 0 saturated heterocycles. The highest BCUT2D eigenvalue weighted by Crippen LogP contribution is 2.34. The number of thioether (sulfide) groups is 1. The molecule has 1 aliphatic rings. The molecular formula is C24H23N5O4S. The third-order valence-electron chi connectivity index (χ3n) is 5.81. The van der Waals surface area contributed by atoms with E-state index in [1.54, 1.807) is 25.1 Å². The van der Waals surface area contributed by atoms with Crippen molar-refractivity contribution in [2.24, 2.45) is 0 Å². The number of nitrogens with one attached hydrogen (secondary N) is 1. The van der Waals surface area contributed by atoms with Crippen LogP contribution in [0, 0.1) is 6.92 Å². The van der Waals surface area contributed by atoms with Crippen LogP contribution in [0.3, 0.4) is 0 Å². The molecule has 1 N–H and O–H groups in total. The molecule has 1 atom stereocenters. The zero-order chi connectivity index (χ0) is 23.8. The largest absolute Gasteiger partial charge is 0.497 e. The van der Waals surface area contributed by atoms with Crippen molar-refractivity contribution in [3.05, 3.63) is 54.1 Å². The highest BCUT2D eigenvalue weighted by Gasteiger charge is 2.33. The topological polar surface area (TPSA) is 98.1 Å². The fourth-order valence-electron chi connectivity index (χ4n) is 4.10. The second-order valence-corrected chi connectivity index (χ2v) is 8.81. The lowest BCUT2D eigenvalue weighted by Gasteiger charge is -2.33. The molecule has 2 amide bonds. The zero-order valence-corrected chi connectivity index (χ0v) is 19.8. The van der Waals surface area contributed by atoms with Gasteiger partial charge in [-0.2, -0.15) is 0 Å². The van der Waals surface area contributed by atoms with Crippen LogP contribution in [0.25, 0.3) is 16.6 Å². The summed E-state index contributed by atoms with van der Waals surface area (Å²) in [6.07, 6.45) is -0.776. The van der Waals surface area contributed by atoms with Gasteiger partial charge in [-0.25, -0.2) is 0 Å². The number of hydrogen-bond acceptors (Lipinski definition) is 7. The number of hydrogen-bond donors (Lipinski definition) is 1. The van der Waals surface area contributed by atoms with E-state index < -0.39 is 6.10 Å². The second-order valence-electron chi connectivity index (χ2n) is 7.87. The maximum atomic E-state index is 13.3. The molecule has 2 aromatic carbocycles. The Balaban J connectivity index is 1.45. The fraction of sp³-hybridized carbons (Fsp3) is 0.250. The Bertz CT molecular complexity index is 1420. The molecule has 4 aromatic rings. The molecule has 1 unspecified atom stereocenters. The van der Waals surface area contributed by atoms with E-state index in [0.717, 1.165) is 22.2 Å². The van der Waals surface area contributed by atoms with Crippen molar-refractivity contribution in [1.29, 1.82) is 0 Å². The highest BCUT2D eigenvalue weighted by molar-refractivity contribution is 7.99. The molecule has 3 heterocycles. The quantitative estimate of drug-likeness (QED) is 0.442. The number of aryl methyl sites for hydroxylation is 1. The number of amides is 2. The maximum absolute atomic E-state index is 13.3. The average Bonchev–Trinajstić information content (AvgIpc) is 3.28. The summed E-state index contributed by atoms with van der Waals surface area (Å²) in [7, 11) is 3.17. The van der Waals surface area contributed by atoms with Crippen LogP contribution in [-0.4, -0.2) is 59.0 Å². The van der Waals surface area contributed by atoms with Crippen molar-refractivity contribution >= 4 is 45.8 Å². The lowest BCUT2D eigenvalue weighted by Crippen LogP contribution is -2.50. The summed E-state index contributed by atoms with van der Waals surface area (Å²) in [5, 5.41) is 12.9. The third-order valence-corrected chi connectivity index (χ3v) is 6.73. The number of ether oxygens (including phenoxy) is 2. The summed E-state index contributed by atoms with van der Waals surface area (Å²) < 4.78 is 13.1. The van der Waals surface area contributed by atoms with Crippen LogP contribution in [0.4, 0.5) is 5.69 Å². The molecule has 2 aromatic heterocycles. The molecule has 10 heteroatoms. The predicted molar refractivity (Wildman–Crippen MR) is 130 cm³/mol. The molecule has 0 aliphatic carbocycles. The Kier molecular flexibility index (Phi) is 5.74. The number of fused-ring (bicyclic) bond motifs is 4. The van der Waals surface area contributed by atoms with Crippen molar-refractivity contribution in [1.82, 2.24) is 19.9 Å². The van der Waals surface area contributed by atoms with E-state index in [-0.39, 0.29) is 24.1 Å². The number of aromatic nitrogens is 3. The van der Waals surface area contributed by atoms with Crippen LogP contribution in [-0.2, 0) is 9.59 Å². The minimum Gasteiger partial charge on any atom is -0.497 e. The van der Waals surface area contributed by atoms with Crippen molar-refractivity contribution in [3.63, 3.8) is 0 Å². The van der Waals surface area contributed by atoms with Crippen LogP contribution in [0.5, 0.6) is 11.5 Å². The third kappa shape index (κ3) is 3.79. The number of para-hydroxylation sites is 2. The van der Waals surface area contributed by atoms with E-state index in [2.05, 4.69) is 15.5 Å². The van der Waals surface area contributed by atoms with E-state index in [1.165, 1.54) is 11.8 Å². The van der Waals surface area contributed by atoms with Crippen LogP contribution < -0.4 is 19.7 Å². The Morgan fingerprint density at radius 1 is 1.21 bits per heavy atom. The number of carbonyl (C=O) groups excluding carboxylic acids is 2. The molecule has 0 radical (unpaired) electrons. The molecule has 0 spiro atoms. The van der Waals surface area contributed by atoms with E-state index in [9.17, 15) is 9.59 Å². The van der Waals surface area contributed by atoms with Gasteiger partial charge < -0.3 is 19.7 Å². The number of rotatable bonds is 5. The first-order valence-electron chi connectivity index (χ1n) is 10.7. The summed E-state index contributed by atoms with van der Waals surface area (Å²) in [5.41, 5.74) is 3.33. The molecule has 34 heavy (non-hydrogen) atoms. The SMILES string of the molecule is CNC(=O)C1CN(C(=O)CSc2nnc3cc(C)c4ccc(OC)cc4n23)c2ccccc2O1. The van der Waals surface area contributed by atoms with Gasteiger partial charge in [-0.05, 0) is 42.8 Å². The molecule has 9 nitrogen and oxygen atoms in total. The zero-order valence-electron chi connectivity index (χ0n) is 18.9. The fourth-order valence-corrected chi connectivity index (χ4v) is 4.92. The smallest absolute Gasteiger partial charge is 0.262 e. The number of likely N-dealkylation sites (N-methyl/N-ethyl adjacent to an activating group) is 1. The summed E-state index contributed by atoms with van der Waals surface area (Å²) >= 11 is 1.30. The number of benzene rings is 2. The lowest BCUT2D eigenvalue weighted by molar-refractivity contribution is -0.127. The number of methoxy groups -OCH3 is 1. The second kappa shape index (κ2) is 8.86. The Morgan fingerprint density at radius 3 is 2.82 bits per heavy atom. The van der Waals surface area contributed by atoms with Gasteiger partial charge in [0.05, 0.1) is 30.6 Å². The van der Waals surface area contributed by atoms with Gasteiger partial charge >= 0.3 is 0 Å². The van der Waals surface area contributed by atoms with E-state index in [4.69, 9.17) is 9.47 Å². The summed E-state index contributed by atoms with van der Waals surface area (Å²) in [4.78, 5) is 27.1. The van der Waals surface area contributed by atoms with Gasteiger partial charge in [-0.3, -0.25) is 14.0 Å². The van der Waals surface area contributed by atoms with Gasteiger partial charge in [0.1, 0.15) is 11.5 Å². The van der Waals surface area contributed by atoms with Crippen molar-refractivity contribution in [2.45, 2.75) is 18.2 Å². The predicted octanol–water partition coefficient (Wildman–Crippen LogP) is 2.83. The molecule has 0 saturated carbocycles. The highest BCUT2D eigenvalue weighted by atomic mass is 32.2. The Hall–Kier alpha value is -3.79. The first kappa shape index (κ1) is 22.0. The summed E-state index contributed by atoms with van der Waals surface area (Å²) in [6, 6.07) is 15.1. The maximum Gasteiger partial charge on any atom is 0.262 e. The van der Waals surface area contributed by atoms with Crippen molar-refractivity contribution in [2.75, 3.05) is 31.4 Å². The first-order chi connectivity index (χ1) is 16.5. The number of pyridine rings is 1. The molecular weight excluding hydrogens is 454 g/mol. The number of carbonyl (C=O) groups is 2. The molecule has 1 aliphatic heterocycles. The Labute approximate surface area is 200 Å². The first-order valence-corrected chi connectivity index (χ1v) is 11.7. The van der Waals surface area contributed by atoms with Gasteiger partial charge in [-0.1, -0.05) is 23.9 Å². The summed E-state index contributed by atoms with van der Waals surface area (Å²) in [5.74, 6) is 0.918. The monoisotopic (exact) mass is 477 g/mol.